The van der Waals surface area contributed by atoms with Crippen LogP contribution in [0.1, 0.15) is 28.6 Å². The van der Waals surface area contributed by atoms with Gasteiger partial charge in [0, 0.05) is 30.4 Å². The van der Waals surface area contributed by atoms with Crippen LogP contribution in [0.2, 0.25) is 0 Å². The molecule has 0 aliphatic carbocycles. The Hall–Kier alpha value is -3.21. The molecule has 1 aliphatic rings. The molecule has 0 spiro atoms. The first kappa shape index (κ1) is 18.2. The van der Waals surface area contributed by atoms with Gasteiger partial charge < -0.3 is 19.4 Å². The second-order valence-electron chi connectivity index (χ2n) is 7.01. The molecule has 3 aromatic rings. The Balaban J connectivity index is 1.34. The molecule has 2 aromatic carbocycles. The second-order valence-corrected chi connectivity index (χ2v) is 7.01. The number of hydrogen-bond donors (Lipinski definition) is 1. The van der Waals surface area contributed by atoms with E-state index in [1.54, 1.807) is 6.07 Å². The summed E-state index contributed by atoms with van der Waals surface area (Å²) in [5.41, 5.74) is 3.37. The molecule has 1 unspecified atom stereocenters. The Morgan fingerprint density at radius 3 is 2.79 bits per heavy atom. The van der Waals surface area contributed by atoms with Crippen molar-refractivity contribution in [3.8, 4) is 5.75 Å². The van der Waals surface area contributed by atoms with Gasteiger partial charge in [-0.15, -0.1) is 0 Å². The zero-order chi connectivity index (χ0) is 19.3. The van der Waals surface area contributed by atoms with Gasteiger partial charge in [-0.05, 0) is 43.2 Å². The van der Waals surface area contributed by atoms with Gasteiger partial charge in [-0.25, -0.2) is 0 Å². The lowest BCUT2D eigenvalue weighted by atomic mass is 10.2. The van der Waals surface area contributed by atoms with Crippen molar-refractivity contribution in [1.29, 1.82) is 0 Å². The van der Waals surface area contributed by atoms with Crippen molar-refractivity contribution >= 4 is 11.6 Å². The Bertz CT molecular complexity index is 936. The number of nitrogens with zero attached hydrogens (tertiary/aromatic N) is 1. The molecule has 0 radical (unpaired) electrons. The summed E-state index contributed by atoms with van der Waals surface area (Å²) in [5, 5.41) is 3.00. The molecule has 5 heteroatoms. The van der Waals surface area contributed by atoms with Crippen LogP contribution in [0, 0.1) is 0 Å². The highest BCUT2D eigenvalue weighted by Gasteiger charge is 2.24. The molecule has 144 valence electrons. The fraction of sp³-hybridized carbons (Fsp3) is 0.261. The minimum Gasteiger partial charge on any atom is -0.489 e. The van der Waals surface area contributed by atoms with Crippen molar-refractivity contribution in [3.05, 3.63) is 83.8 Å². The predicted molar refractivity (Wildman–Crippen MR) is 109 cm³/mol. The van der Waals surface area contributed by atoms with E-state index in [0.29, 0.717) is 18.9 Å². The van der Waals surface area contributed by atoms with Gasteiger partial charge in [-0.2, -0.15) is 0 Å². The van der Waals surface area contributed by atoms with Crippen molar-refractivity contribution in [2.24, 2.45) is 0 Å². The summed E-state index contributed by atoms with van der Waals surface area (Å²) in [6, 6.07) is 20.0. The van der Waals surface area contributed by atoms with Gasteiger partial charge in [-0.1, -0.05) is 36.4 Å². The van der Waals surface area contributed by atoms with Crippen molar-refractivity contribution in [1.82, 2.24) is 5.32 Å². The topological polar surface area (TPSA) is 54.7 Å². The molecule has 0 bridgehead atoms. The number of carbonyl (C=O) groups is 1. The first-order valence-electron chi connectivity index (χ1n) is 9.59. The van der Waals surface area contributed by atoms with E-state index in [1.807, 2.05) is 30.3 Å². The number of fused-ring (bicyclic) bond motifs is 1. The summed E-state index contributed by atoms with van der Waals surface area (Å²) < 4.78 is 11.2. The Kier molecular flexibility index (Phi) is 5.33. The number of para-hydroxylation sites is 2. The molecule has 5 nitrogen and oxygen atoms in total. The van der Waals surface area contributed by atoms with Crippen LogP contribution in [-0.2, 0) is 13.0 Å². The minimum absolute atomic E-state index is 0.201. The summed E-state index contributed by atoms with van der Waals surface area (Å²) in [7, 11) is 0. The van der Waals surface area contributed by atoms with Crippen LogP contribution < -0.4 is 15.0 Å². The average molecular weight is 376 g/mol. The van der Waals surface area contributed by atoms with Gasteiger partial charge in [0.1, 0.15) is 12.4 Å². The molecule has 0 saturated heterocycles. The average Bonchev–Trinajstić information content (AvgIpc) is 3.38. The number of nitrogens with one attached hydrogen (secondary N) is 1. The molecule has 28 heavy (non-hydrogen) atoms. The van der Waals surface area contributed by atoms with E-state index in [-0.39, 0.29) is 11.9 Å². The minimum atomic E-state index is -0.212. The van der Waals surface area contributed by atoms with E-state index in [0.717, 1.165) is 24.3 Å². The molecule has 1 N–H and O–H groups in total. The molecule has 1 atom stereocenters. The van der Waals surface area contributed by atoms with E-state index < -0.39 is 0 Å². The second kappa shape index (κ2) is 8.21. The zero-order valence-electron chi connectivity index (χ0n) is 15.9. The molecular weight excluding hydrogens is 352 g/mol. The van der Waals surface area contributed by atoms with Crippen LogP contribution in [0.15, 0.2) is 71.3 Å². The molecule has 1 aliphatic heterocycles. The van der Waals surface area contributed by atoms with E-state index in [1.165, 1.54) is 17.5 Å². The van der Waals surface area contributed by atoms with Gasteiger partial charge in [0.15, 0.2) is 5.76 Å². The van der Waals surface area contributed by atoms with Crippen LogP contribution >= 0.6 is 0 Å². The summed E-state index contributed by atoms with van der Waals surface area (Å²) in [4.78, 5) is 15.0. The quantitative estimate of drug-likeness (QED) is 0.676. The standard InChI is InChI=1S/C23H24N2O3/c1-17(25-13-11-18-7-5-6-10-21(18)25)15-24-23(26)22-19(12-14-27-22)16-28-20-8-3-2-4-9-20/h2-10,12,14,17H,11,13,15-16H2,1H3,(H,24,26). The van der Waals surface area contributed by atoms with Crippen LogP contribution in [0.5, 0.6) is 5.75 Å². The summed E-state index contributed by atoms with van der Waals surface area (Å²) in [5.74, 6) is 0.859. The van der Waals surface area contributed by atoms with Crippen molar-refractivity contribution in [2.75, 3.05) is 18.0 Å². The van der Waals surface area contributed by atoms with Gasteiger partial charge in [0.05, 0.1) is 6.26 Å². The first-order valence-corrected chi connectivity index (χ1v) is 9.59. The zero-order valence-corrected chi connectivity index (χ0v) is 15.9. The SMILES string of the molecule is CC(CNC(=O)c1occc1COc1ccccc1)N1CCc2ccccc21. The van der Waals surface area contributed by atoms with E-state index >= 15 is 0 Å². The number of rotatable bonds is 7. The fourth-order valence-electron chi connectivity index (χ4n) is 3.58. The number of ether oxygens (including phenoxy) is 1. The highest BCUT2D eigenvalue weighted by Crippen LogP contribution is 2.29. The Morgan fingerprint density at radius 1 is 1.14 bits per heavy atom. The van der Waals surface area contributed by atoms with Crippen LogP contribution in [0.4, 0.5) is 5.69 Å². The smallest absolute Gasteiger partial charge is 0.287 e. The molecular formula is C23H24N2O3. The molecule has 2 heterocycles. The third-order valence-corrected chi connectivity index (χ3v) is 5.10. The number of hydrogen-bond acceptors (Lipinski definition) is 4. The molecule has 1 aromatic heterocycles. The Labute approximate surface area is 164 Å². The van der Waals surface area contributed by atoms with Crippen LogP contribution in [0.25, 0.3) is 0 Å². The monoisotopic (exact) mass is 376 g/mol. The van der Waals surface area contributed by atoms with E-state index in [2.05, 4.69) is 41.4 Å². The maximum Gasteiger partial charge on any atom is 0.287 e. The van der Waals surface area contributed by atoms with Crippen molar-refractivity contribution < 1.29 is 13.9 Å². The first-order chi connectivity index (χ1) is 13.7. The number of furan rings is 1. The highest BCUT2D eigenvalue weighted by atomic mass is 16.5. The van der Waals surface area contributed by atoms with Gasteiger partial charge >= 0.3 is 0 Å². The maximum absolute atomic E-state index is 12.6. The normalized spacial score (nSPS) is 13.8. The molecule has 1 amide bonds. The fourth-order valence-corrected chi connectivity index (χ4v) is 3.58. The van der Waals surface area contributed by atoms with Gasteiger partial charge in [0.2, 0.25) is 0 Å². The van der Waals surface area contributed by atoms with Crippen molar-refractivity contribution in [2.45, 2.75) is 26.0 Å². The molecule has 0 saturated carbocycles. The third kappa shape index (κ3) is 3.88. The van der Waals surface area contributed by atoms with Crippen LogP contribution in [-0.4, -0.2) is 25.0 Å². The summed E-state index contributed by atoms with van der Waals surface area (Å²) >= 11 is 0. The third-order valence-electron chi connectivity index (χ3n) is 5.10. The van der Waals surface area contributed by atoms with Crippen molar-refractivity contribution in [3.63, 3.8) is 0 Å². The van der Waals surface area contributed by atoms with Gasteiger partial charge in [0.25, 0.3) is 5.91 Å². The number of anilines is 1. The van der Waals surface area contributed by atoms with E-state index in [4.69, 9.17) is 9.15 Å². The molecule has 4 rings (SSSR count). The van der Waals surface area contributed by atoms with E-state index in [9.17, 15) is 4.79 Å². The van der Waals surface area contributed by atoms with Gasteiger partial charge in [-0.3, -0.25) is 4.79 Å². The highest BCUT2D eigenvalue weighted by molar-refractivity contribution is 5.92. The number of carbonyl (C=O) groups excluding carboxylic acids is 1. The lowest BCUT2D eigenvalue weighted by molar-refractivity contribution is 0.0920. The lowest BCUT2D eigenvalue weighted by Crippen LogP contribution is -2.41. The predicted octanol–water partition coefficient (Wildman–Crippen LogP) is 4.04. The van der Waals surface area contributed by atoms with Crippen LogP contribution in [0.3, 0.4) is 0 Å². The maximum atomic E-state index is 12.6. The molecule has 0 fully saturated rings. The number of amides is 1. The number of benzene rings is 2. The Morgan fingerprint density at radius 2 is 1.93 bits per heavy atom. The summed E-state index contributed by atoms with van der Waals surface area (Å²) in [6.45, 7) is 3.95. The summed E-state index contributed by atoms with van der Waals surface area (Å²) in [6.07, 6.45) is 2.58. The lowest BCUT2D eigenvalue weighted by Gasteiger charge is -2.27. The largest absolute Gasteiger partial charge is 0.489 e.